The van der Waals surface area contributed by atoms with Crippen LogP contribution in [0.1, 0.15) is 5.56 Å². The highest BCUT2D eigenvalue weighted by molar-refractivity contribution is 5.98. The number of rotatable bonds is 2. The van der Waals surface area contributed by atoms with E-state index in [2.05, 4.69) is 10.6 Å². The van der Waals surface area contributed by atoms with Gasteiger partial charge in [-0.1, -0.05) is 18.2 Å². The number of para-hydroxylation sites is 1. The summed E-state index contributed by atoms with van der Waals surface area (Å²) in [6.07, 6.45) is 0.546. The lowest BCUT2D eigenvalue weighted by Crippen LogP contribution is -2.33. The first-order valence-electron chi connectivity index (χ1n) is 6.24. The van der Waals surface area contributed by atoms with Crippen molar-refractivity contribution >= 4 is 17.3 Å². The lowest BCUT2D eigenvalue weighted by Gasteiger charge is -2.12. The number of carbonyl (C=O) groups is 1. The van der Waals surface area contributed by atoms with Gasteiger partial charge in [0.15, 0.2) is 0 Å². The summed E-state index contributed by atoms with van der Waals surface area (Å²) >= 11 is 0. The van der Waals surface area contributed by atoms with E-state index in [1.807, 2.05) is 24.3 Å². The Bertz CT molecular complexity index is 648. The lowest BCUT2D eigenvalue weighted by atomic mass is 10.1. The summed E-state index contributed by atoms with van der Waals surface area (Å²) in [5, 5.41) is 5.55. The summed E-state index contributed by atoms with van der Waals surface area (Å²) in [7, 11) is 0. The van der Waals surface area contributed by atoms with Gasteiger partial charge in [0.1, 0.15) is 17.7 Å². The highest BCUT2D eigenvalue weighted by Crippen LogP contribution is 2.26. The molecule has 0 saturated carbocycles. The van der Waals surface area contributed by atoms with Crippen molar-refractivity contribution in [3.63, 3.8) is 0 Å². The minimum absolute atomic E-state index is 0.0193. The van der Waals surface area contributed by atoms with Crippen LogP contribution in [0.5, 0.6) is 0 Å². The van der Waals surface area contributed by atoms with Gasteiger partial charge in [-0.05, 0) is 23.8 Å². The van der Waals surface area contributed by atoms with E-state index in [-0.39, 0.29) is 11.6 Å². The summed E-state index contributed by atoms with van der Waals surface area (Å²) in [5.41, 5.74) is 1.94. The van der Waals surface area contributed by atoms with Crippen LogP contribution in [0.15, 0.2) is 42.5 Å². The van der Waals surface area contributed by atoms with Crippen LogP contribution >= 0.6 is 0 Å². The molecule has 0 spiro atoms. The Balaban J connectivity index is 1.72. The molecule has 0 fully saturated rings. The SMILES string of the molecule is O=C(Nc1ccc(F)cc1F)[C@@H]1Cc2ccccc2N1. The molecule has 2 aromatic carbocycles. The van der Waals surface area contributed by atoms with Gasteiger partial charge in [-0.25, -0.2) is 8.78 Å². The van der Waals surface area contributed by atoms with Crippen molar-refractivity contribution in [2.24, 2.45) is 0 Å². The van der Waals surface area contributed by atoms with Crippen molar-refractivity contribution in [1.82, 2.24) is 0 Å². The molecule has 0 aliphatic carbocycles. The van der Waals surface area contributed by atoms with Crippen LogP contribution in [0.4, 0.5) is 20.2 Å². The summed E-state index contributed by atoms with van der Waals surface area (Å²) in [6.45, 7) is 0. The number of amides is 1. The molecule has 0 unspecified atom stereocenters. The molecule has 1 amide bonds. The predicted molar refractivity (Wildman–Crippen MR) is 72.5 cm³/mol. The number of fused-ring (bicyclic) bond motifs is 1. The predicted octanol–water partition coefficient (Wildman–Crippen LogP) is 2.94. The molecule has 1 atom stereocenters. The molecule has 3 rings (SSSR count). The van der Waals surface area contributed by atoms with Gasteiger partial charge in [0.25, 0.3) is 0 Å². The van der Waals surface area contributed by atoms with Crippen molar-refractivity contribution < 1.29 is 13.6 Å². The smallest absolute Gasteiger partial charge is 0.247 e. The third kappa shape index (κ3) is 2.34. The third-order valence-electron chi connectivity index (χ3n) is 3.28. The molecule has 3 nitrogen and oxygen atoms in total. The molecule has 0 bridgehead atoms. The van der Waals surface area contributed by atoms with Gasteiger partial charge < -0.3 is 10.6 Å². The number of carbonyl (C=O) groups excluding carboxylic acids is 1. The van der Waals surface area contributed by atoms with Crippen molar-refractivity contribution in [3.05, 3.63) is 59.7 Å². The van der Waals surface area contributed by atoms with Crippen molar-refractivity contribution in [2.75, 3.05) is 10.6 Å². The zero-order valence-electron chi connectivity index (χ0n) is 10.5. The number of halogens is 2. The fraction of sp³-hybridized carbons (Fsp3) is 0.133. The summed E-state index contributed by atoms with van der Waals surface area (Å²) in [4.78, 5) is 12.1. The van der Waals surface area contributed by atoms with Crippen molar-refractivity contribution in [1.29, 1.82) is 0 Å². The molecule has 1 heterocycles. The maximum absolute atomic E-state index is 13.5. The Morgan fingerprint density at radius 2 is 2.00 bits per heavy atom. The van der Waals surface area contributed by atoms with Crippen LogP contribution in [-0.4, -0.2) is 11.9 Å². The quantitative estimate of drug-likeness (QED) is 0.884. The molecule has 1 aliphatic heterocycles. The maximum Gasteiger partial charge on any atom is 0.247 e. The van der Waals surface area contributed by atoms with Gasteiger partial charge in [-0.15, -0.1) is 0 Å². The fourth-order valence-electron chi connectivity index (χ4n) is 2.27. The summed E-state index contributed by atoms with van der Waals surface area (Å²) < 4.78 is 26.3. The number of hydrogen-bond donors (Lipinski definition) is 2. The second-order valence-electron chi connectivity index (χ2n) is 4.67. The monoisotopic (exact) mass is 274 g/mol. The van der Waals surface area contributed by atoms with Crippen LogP contribution in [0.2, 0.25) is 0 Å². The Kier molecular flexibility index (Phi) is 3.10. The highest BCUT2D eigenvalue weighted by Gasteiger charge is 2.26. The molecular formula is C15H12F2N2O. The Morgan fingerprint density at radius 1 is 1.20 bits per heavy atom. The fourth-order valence-corrected chi connectivity index (χ4v) is 2.27. The molecule has 2 aromatic rings. The van der Waals surface area contributed by atoms with E-state index >= 15 is 0 Å². The zero-order valence-corrected chi connectivity index (χ0v) is 10.5. The van der Waals surface area contributed by atoms with E-state index in [1.54, 1.807) is 0 Å². The van der Waals surface area contributed by atoms with Gasteiger partial charge in [0.05, 0.1) is 5.69 Å². The molecule has 1 aliphatic rings. The summed E-state index contributed by atoms with van der Waals surface area (Å²) in [6, 6.07) is 10.2. The number of anilines is 2. The van der Waals surface area contributed by atoms with Gasteiger partial charge >= 0.3 is 0 Å². The Hall–Kier alpha value is -2.43. The minimum atomic E-state index is -0.783. The van der Waals surface area contributed by atoms with E-state index in [0.717, 1.165) is 23.4 Å². The topological polar surface area (TPSA) is 41.1 Å². The first-order chi connectivity index (χ1) is 9.63. The zero-order chi connectivity index (χ0) is 14.1. The van der Waals surface area contributed by atoms with Crippen LogP contribution in [0.25, 0.3) is 0 Å². The van der Waals surface area contributed by atoms with Gasteiger partial charge in [-0.2, -0.15) is 0 Å². The second-order valence-corrected chi connectivity index (χ2v) is 4.67. The Morgan fingerprint density at radius 3 is 2.75 bits per heavy atom. The minimum Gasteiger partial charge on any atom is -0.373 e. The molecular weight excluding hydrogens is 262 g/mol. The lowest BCUT2D eigenvalue weighted by molar-refractivity contribution is -0.116. The second kappa shape index (κ2) is 4.92. The van der Waals surface area contributed by atoms with Gasteiger partial charge in [-0.3, -0.25) is 4.79 Å². The van der Waals surface area contributed by atoms with E-state index in [4.69, 9.17) is 0 Å². The van der Waals surface area contributed by atoms with E-state index in [1.165, 1.54) is 6.07 Å². The molecule has 0 radical (unpaired) electrons. The number of nitrogens with one attached hydrogen (secondary N) is 2. The van der Waals surface area contributed by atoms with Crippen LogP contribution < -0.4 is 10.6 Å². The average molecular weight is 274 g/mol. The van der Waals surface area contributed by atoms with Crippen LogP contribution in [0.3, 0.4) is 0 Å². The first-order valence-corrected chi connectivity index (χ1v) is 6.24. The number of benzene rings is 2. The highest BCUT2D eigenvalue weighted by atomic mass is 19.1. The molecule has 0 aromatic heterocycles. The normalized spacial score (nSPS) is 16.4. The molecule has 0 saturated heterocycles. The molecule has 5 heteroatoms. The largest absolute Gasteiger partial charge is 0.373 e. The standard InChI is InChI=1S/C15H12F2N2O/c16-10-5-6-13(11(17)8-10)19-15(20)14-7-9-3-1-2-4-12(9)18-14/h1-6,8,14,18H,7H2,(H,19,20)/t14-/m0/s1. The average Bonchev–Trinajstić information content (AvgIpc) is 2.86. The Labute approximate surface area is 114 Å². The van der Waals surface area contributed by atoms with Crippen molar-refractivity contribution in [2.45, 2.75) is 12.5 Å². The van der Waals surface area contributed by atoms with E-state index < -0.39 is 17.7 Å². The summed E-state index contributed by atoms with van der Waals surface area (Å²) in [5.74, 6) is -1.80. The van der Waals surface area contributed by atoms with Gasteiger partial charge in [0, 0.05) is 18.2 Å². The molecule has 102 valence electrons. The van der Waals surface area contributed by atoms with E-state index in [0.29, 0.717) is 6.42 Å². The van der Waals surface area contributed by atoms with Crippen LogP contribution in [0, 0.1) is 11.6 Å². The van der Waals surface area contributed by atoms with E-state index in [9.17, 15) is 13.6 Å². The molecule has 20 heavy (non-hydrogen) atoms. The van der Waals surface area contributed by atoms with Crippen LogP contribution in [-0.2, 0) is 11.2 Å². The maximum atomic E-state index is 13.5. The number of hydrogen-bond acceptors (Lipinski definition) is 2. The first kappa shape index (κ1) is 12.6. The van der Waals surface area contributed by atoms with Crippen molar-refractivity contribution in [3.8, 4) is 0 Å². The molecule has 2 N–H and O–H groups in total. The van der Waals surface area contributed by atoms with Gasteiger partial charge in [0.2, 0.25) is 5.91 Å². The third-order valence-corrected chi connectivity index (χ3v) is 3.28.